The van der Waals surface area contributed by atoms with Crippen LogP contribution in [-0.2, 0) is 9.47 Å². The van der Waals surface area contributed by atoms with Crippen molar-refractivity contribution in [2.24, 2.45) is 0 Å². The Balaban J connectivity index is 3.09. The predicted octanol–water partition coefficient (Wildman–Crippen LogP) is 1.44. The lowest BCUT2D eigenvalue weighted by atomic mass is 10.0. The molecule has 0 aliphatic heterocycles. The molecule has 0 aromatic heterocycles. The van der Waals surface area contributed by atoms with E-state index in [1.807, 2.05) is 0 Å². The Morgan fingerprint density at radius 1 is 1.41 bits per heavy atom. The summed E-state index contributed by atoms with van der Waals surface area (Å²) in [6.45, 7) is -0.398. The number of carbonyl (C=O) groups is 1. The van der Waals surface area contributed by atoms with Crippen molar-refractivity contribution in [3.8, 4) is 0 Å². The molecule has 0 saturated heterocycles. The fourth-order valence-corrected chi connectivity index (χ4v) is 1.51. The second kappa shape index (κ2) is 5.95. The topological polar surface area (TPSA) is 78.7 Å². The summed E-state index contributed by atoms with van der Waals surface area (Å²) >= 11 is 0. The molecule has 1 atom stereocenters. The number of benzene rings is 1. The number of nitrogens with zero attached hydrogens (tertiary/aromatic N) is 1. The smallest absolute Gasteiger partial charge is 0.338 e. The highest BCUT2D eigenvalue weighted by molar-refractivity contribution is 5.91. The Kier molecular flexibility index (Phi) is 4.59. The van der Waals surface area contributed by atoms with Crippen molar-refractivity contribution in [3.63, 3.8) is 0 Å². The molecule has 17 heavy (non-hydrogen) atoms. The molecule has 1 unspecified atom stereocenters. The Hall–Kier alpha value is -1.95. The fraction of sp³-hybridized carbons (Fsp3) is 0.364. The average molecular weight is 239 g/mol. The van der Waals surface area contributed by atoms with Crippen molar-refractivity contribution in [1.29, 1.82) is 0 Å². The predicted molar refractivity (Wildman–Crippen MR) is 59.4 cm³/mol. The van der Waals surface area contributed by atoms with Crippen LogP contribution in [0.15, 0.2) is 24.3 Å². The van der Waals surface area contributed by atoms with Crippen LogP contribution in [0, 0.1) is 10.1 Å². The summed E-state index contributed by atoms with van der Waals surface area (Å²) in [6.07, 6.45) is -0.764. The molecule has 0 heterocycles. The van der Waals surface area contributed by atoms with E-state index in [1.54, 1.807) is 24.3 Å². The van der Waals surface area contributed by atoms with E-state index in [4.69, 9.17) is 4.74 Å². The third-order valence-electron chi connectivity index (χ3n) is 2.31. The van der Waals surface area contributed by atoms with Crippen molar-refractivity contribution in [2.45, 2.75) is 6.10 Å². The highest BCUT2D eigenvalue weighted by Crippen LogP contribution is 2.21. The van der Waals surface area contributed by atoms with Gasteiger partial charge in [-0.2, -0.15) is 0 Å². The average Bonchev–Trinajstić information content (AvgIpc) is 2.34. The number of methoxy groups -OCH3 is 2. The summed E-state index contributed by atoms with van der Waals surface area (Å²) in [7, 11) is 2.62. The highest BCUT2D eigenvalue weighted by atomic mass is 16.6. The molecule has 0 fully saturated rings. The third-order valence-corrected chi connectivity index (χ3v) is 2.31. The Morgan fingerprint density at radius 3 is 2.59 bits per heavy atom. The van der Waals surface area contributed by atoms with Crippen LogP contribution in [0.3, 0.4) is 0 Å². The first kappa shape index (κ1) is 13.1. The van der Waals surface area contributed by atoms with E-state index in [0.717, 1.165) is 0 Å². The first-order chi connectivity index (χ1) is 8.10. The van der Waals surface area contributed by atoms with Crippen molar-refractivity contribution >= 4 is 5.97 Å². The molecule has 0 saturated carbocycles. The molecule has 0 spiro atoms. The number of ether oxygens (including phenoxy) is 2. The molecule has 0 aliphatic rings. The zero-order valence-corrected chi connectivity index (χ0v) is 9.58. The number of hydrogen-bond donors (Lipinski definition) is 0. The molecule has 0 amide bonds. The fourth-order valence-electron chi connectivity index (χ4n) is 1.51. The molecule has 92 valence electrons. The largest absolute Gasteiger partial charge is 0.465 e. The van der Waals surface area contributed by atoms with Gasteiger partial charge in [-0.15, -0.1) is 0 Å². The van der Waals surface area contributed by atoms with Crippen LogP contribution in [0.25, 0.3) is 0 Å². The van der Waals surface area contributed by atoms with Crippen LogP contribution >= 0.6 is 0 Å². The summed E-state index contributed by atoms with van der Waals surface area (Å²) in [5, 5.41) is 10.5. The quantitative estimate of drug-likeness (QED) is 0.441. The zero-order valence-electron chi connectivity index (χ0n) is 9.58. The molecule has 1 aromatic carbocycles. The molecular weight excluding hydrogens is 226 g/mol. The van der Waals surface area contributed by atoms with Crippen molar-refractivity contribution in [1.82, 2.24) is 0 Å². The van der Waals surface area contributed by atoms with Gasteiger partial charge in [-0.1, -0.05) is 18.2 Å². The second-order valence-electron chi connectivity index (χ2n) is 3.32. The van der Waals surface area contributed by atoms with Crippen LogP contribution in [-0.4, -0.2) is 31.7 Å². The number of carbonyl (C=O) groups excluding carboxylic acids is 1. The van der Waals surface area contributed by atoms with E-state index in [2.05, 4.69) is 4.74 Å². The lowest BCUT2D eigenvalue weighted by molar-refractivity contribution is -0.492. The molecule has 0 radical (unpaired) electrons. The van der Waals surface area contributed by atoms with Gasteiger partial charge in [-0.3, -0.25) is 10.1 Å². The van der Waals surface area contributed by atoms with Gasteiger partial charge in [0.2, 0.25) is 6.54 Å². The van der Waals surface area contributed by atoms with Crippen LogP contribution < -0.4 is 0 Å². The van der Waals surface area contributed by atoms with Crippen molar-refractivity contribution < 1.29 is 19.2 Å². The van der Waals surface area contributed by atoms with Crippen molar-refractivity contribution in [3.05, 3.63) is 45.5 Å². The van der Waals surface area contributed by atoms with E-state index in [9.17, 15) is 14.9 Å². The van der Waals surface area contributed by atoms with Gasteiger partial charge >= 0.3 is 5.97 Å². The first-order valence-electron chi connectivity index (χ1n) is 4.92. The molecule has 0 aliphatic carbocycles. The van der Waals surface area contributed by atoms with E-state index in [-0.39, 0.29) is 5.56 Å². The van der Waals surface area contributed by atoms with Gasteiger partial charge < -0.3 is 9.47 Å². The Bertz CT molecular complexity index is 418. The van der Waals surface area contributed by atoms with Crippen LogP contribution in [0.1, 0.15) is 22.0 Å². The maximum absolute atomic E-state index is 11.5. The van der Waals surface area contributed by atoms with Gasteiger partial charge in [0.25, 0.3) is 0 Å². The van der Waals surface area contributed by atoms with Crippen LogP contribution in [0.4, 0.5) is 0 Å². The van der Waals surface area contributed by atoms with E-state index < -0.39 is 23.5 Å². The first-order valence-corrected chi connectivity index (χ1v) is 4.92. The van der Waals surface area contributed by atoms with E-state index >= 15 is 0 Å². The van der Waals surface area contributed by atoms with Gasteiger partial charge in [0, 0.05) is 17.6 Å². The van der Waals surface area contributed by atoms with Gasteiger partial charge in [0.15, 0.2) is 0 Å². The molecule has 6 nitrogen and oxygen atoms in total. The van der Waals surface area contributed by atoms with Crippen LogP contribution in [0.2, 0.25) is 0 Å². The Morgan fingerprint density at radius 2 is 2.06 bits per heavy atom. The van der Waals surface area contributed by atoms with Gasteiger partial charge in [0.1, 0.15) is 6.10 Å². The molecule has 0 bridgehead atoms. The normalized spacial score (nSPS) is 11.9. The summed E-state index contributed by atoms with van der Waals surface area (Å²) in [5.74, 6) is -0.536. The molecular formula is C11H13NO5. The number of nitro groups is 1. The summed E-state index contributed by atoms with van der Waals surface area (Å²) < 4.78 is 9.65. The van der Waals surface area contributed by atoms with Gasteiger partial charge in [-0.05, 0) is 6.07 Å². The summed E-state index contributed by atoms with van der Waals surface area (Å²) in [4.78, 5) is 21.5. The molecule has 1 rings (SSSR count). The SMILES string of the molecule is COC(=O)c1ccccc1C(C[N+](=O)[O-])OC. The highest BCUT2D eigenvalue weighted by Gasteiger charge is 2.23. The van der Waals surface area contributed by atoms with Gasteiger partial charge in [0.05, 0.1) is 12.7 Å². The summed E-state index contributed by atoms with van der Waals surface area (Å²) in [6, 6.07) is 6.51. The maximum Gasteiger partial charge on any atom is 0.338 e. The number of rotatable bonds is 5. The lowest BCUT2D eigenvalue weighted by Crippen LogP contribution is -2.17. The van der Waals surface area contributed by atoms with Crippen molar-refractivity contribution in [2.75, 3.05) is 20.8 Å². The second-order valence-corrected chi connectivity index (χ2v) is 3.32. The maximum atomic E-state index is 11.5. The number of esters is 1. The standard InChI is InChI=1S/C11H13NO5/c1-16-10(7-12(14)15)8-5-3-4-6-9(8)11(13)17-2/h3-6,10H,7H2,1-2H3. The lowest BCUT2D eigenvalue weighted by Gasteiger charge is -2.14. The molecule has 0 N–H and O–H groups in total. The third kappa shape index (κ3) is 3.25. The monoisotopic (exact) mass is 239 g/mol. The molecule has 6 heteroatoms. The number of hydrogen-bond acceptors (Lipinski definition) is 5. The van der Waals surface area contributed by atoms with Crippen LogP contribution in [0.5, 0.6) is 0 Å². The van der Waals surface area contributed by atoms with Gasteiger partial charge in [-0.25, -0.2) is 4.79 Å². The minimum Gasteiger partial charge on any atom is -0.465 e. The van der Waals surface area contributed by atoms with E-state index in [0.29, 0.717) is 5.56 Å². The Labute approximate surface area is 98.3 Å². The minimum absolute atomic E-state index is 0.281. The summed E-state index contributed by atoms with van der Waals surface area (Å²) in [5.41, 5.74) is 0.738. The minimum atomic E-state index is -0.764. The zero-order chi connectivity index (χ0) is 12.8. The molecule has 1 aromatic rings. The van der Waals surface area contributed by atoms with E-state index in [1.165, 1.54) is 14.2 Å².